The van der Waals surface area contributed by atoms with Gasteiger partial charge in [-0.3, -0.25) is 14.4 Å². The molecule has 2 rings (SSSR count). The van der Waals surface area contributed by atoms with Gasteiger partial charge in [-0.25, -0.2) is 0 Å². The molecule has 7 heteroatoms. The number of fused-ring (bicyclic) bond motifs is 1. The highest BCUT2D eigenvalue weighted by Crippen LogP contribution is 2.27. The van der Waals surface area contributed by atoms with Crippen LogP contribution in [0.5, 0.6) is 5.06 Å². The number of nitrogens with one attached hydrogen (secondary N) is 1. The number of rotatable bonds is 3. The zero-order valence-electron chi connectivity index (χ0n) is 9.54. The lowest BCUT2D eigenvalue weighted by Crippen LogP contribution is -2.32. The molecule has 0 aliphatic carbocycles. The first-order chi connectivity index (χ1) is 9.00. The number of amides is 1. The summed E-state index contributed by atoms with van der Waals surface area (Å²) in [6, 6.07) is 6.55. The number of aromatic hydroxyl groups is 1. The lowest BCUT2D eigenvalue weighted by Gasteiger charge is -2.05. The Labute approximate surface area is 110 Å². The van der Waals surface area contributed by atoms with Crippen LogP contribution in [0.3, 0.4) is 0 Å². The SMILES string of the molecule is O=C(O)CNC(=O)c1c(O)sc2ccccc2c1=O. The molecular formula is C12H9NO5S. The summed E-state index contributed by atoms with van der Waals surface area (Å²) in [6.45, 7) is -0.616. The van der Waals surface area contributed by atoms with Crippen LogP contribution in [0.15, 0.2) is 29.1 Å². The highest BCUT2D eigenvalue weighted by Gasteiger charge is 2.19. The molecule has 19 heavy (non-hydrogen) atoms. The zero-order valence-corrected chi connectivity index (χ0v) is 10.4. The predicted molar refractivity (Wildman–Crippen MR) is 69.7 cm³/mol. The number of aliphatic carboxylic acids is 1. The second-order valence-electron chi connectivity index (χ2n) is 3.68. The van der Waals surface area contributed by atoms with Crippen LogP contribution in [0.4, 0.5) is 0 Å². The summed E-state index contributed by atoms with van der Waals surface area (Å²) in [5.41, 5.74) is -1.04. The fourth-order valence-electron chi connectivity index (χ4n) is 1.57. The van der Waals surface area contributed by atoms with Crippen LogP contribution in [-0.2, 0) is 4.79 Å². The van der Waals surface area contributed by atoms with Crippen molar-refractivity contribution in [2.75, 3.05) is 6.54 Å². The Hall–Kier alpha value is -2.41. The van der Waals surface area contributed by atoms with Gasteiger partial charge in [0.1, 0.15) is 12.1 Å². The van der Waals surface area contributed by atoms with Gasteiger partial charge in [-0.15, -0.1) is 0 Å². The summed E-state index contributed by atoms with van der Waals surface area (Å²) in [7, 11) is 0. The highest BCUT2D eigenvalue weighted by molar-refractivity contribution is 7.20. The minimum absolute atomic E-state index is 0.311. The van der Waals surface area contributed by atoms with E-state index >= 15 is 0 Å². The number of hydrogen-bond acceptors (Lipinski definition) is 5. The van der Waals surface area contributed by atoms with Crippen molar-refractivity contribution in [2.45, 2.75) is 0 Å². The van der Waals surface area contributed by atoms with E-state index in [1.54, 1.807) is 24.3 Å². The normalized spacial score (nSPS) is 10.3. The van der Waals surface area contributed by atoms with Crippen molar-refractivity contribution < 1.29 is 19.8 Å². The van der Waals surface area contributed by atoms with Crippen molar-refractivity contribution in [1.82, 2.24) is 5.32 Å². The van der Waals surface area contributed by atoms with Crippen LogP contribution in [0.1, 0.15) is 10.4 Å². The van der Waals surface area contributed by atoms with E-state index in [1.165, 1.54) is 0 Å². The summed E-state index contributed by atoms with van der Waals surface area (Å²) in [6.07, 6.45) is 0. The molecule has 0 saturated carbocycles. The van der Waals surface area contributed by atoms with Gasteiger partial charge in [-0.05, 0) is 12.1 Å². The summed E-state index contributed by atoms with van der Waals surface area (Å²) in [5.74, 6) is -2.13. The van der Waals surface area contributed by atoms with E-state index in [1.807, 2.05) is 0 Å². The molecule has 0 atom stereocenters. The van der Waals surface area contributed by atoms with E-state index in [0.717, 1.165) is 11.3 Å². The number of carboxylic acid groups (broad SMARTS) is 1. The number of benzene rings is 1. The third-order valence-electron chi connectivity index (χ3n) is 2.41. The Morgan fingerprint density at radius 3 is 2.63 bits per heavy atom. The lowest BCUT2D eigenvalue weighted by molar-refractivity contribution is -0.135. The standard InChI is InChI=1S/C12H9NO5S/c14-8(15)5-13-11(17)9-10(16)6-3-1-2-4-7(6)19-12(9)18/h1-4,18H,5H2,(H,13,17)(H,14,15). The summed E-state index contributed by atoms with van der Waals surface area (Å²) >= 11 is 0.892. The molecule has 0 saturated heterocycles. The molecule has 6 nitrogen and oxygen atoms in total. The van der Waals surface area contributed by atoms with Gasteiger partial charge in [0.15, 0.2) is 5.06 Å². The van der Waals surface area contributed by atoms with Gasteiger partial charge < -0.3 is 15.5 Å². The quantitative estimate of drug-likeness (QED) is 0.770. The fourth-order valence-corrected chi connectivity index (χ4v) is 2.49. The minimum Gasteiger partial charge on any atom is -0.499 e. The Bertz CT molecular complexity index is 722. The molecule has 0 bridgehead atoms. The van der Waals surface area contributed by atoms with E-state index < -0.39 is 34.5 Å². The number of carbonyl (C=O) groups is 2. The smallest absolute Gasteiger partial charge is 0.322 e. The van der Waals surface area contributed by atoms with Crippen LogP contribution < -0.4 is 10.7 Å². The van der Waals surface area contributed by atoms with Crippen LogP contribution in [-0.4, -0.2) is 28.6 Å². The van der Waals surface area contributed by atoms with Crippen molar-refractivity contribution in [2.24, 2.45) is 0 Å². The van der Waals surface area contributed by atoms with Crippen molar-refractivity contribution in [3.8, 4) is 5.06 Å². The molecule has 1 aromatic heterocycles. The van der Waals surface area contributed by atoms with Gasteiger partial charge in [0.2, 0.25) is 5.43 Å². The molecule has 0 aliphatic rings. The number of carboxylic acids is 1. The maximum Gasteiger partial charge on any atom is 0.322 e. The van der Waals surface area contributed by atoms with E-state index in [-0.39, 0.29) is 0 Å². The van der Waals surface area contributed by atoms with E-state index in [0.29, 0.717) is 10.1 Å². The van der Waals surface area contributed by atoms with Crippen LogP contribution in [0, 0.1) is 0 Å². The third kappa shape index (κ3) is 2.55. The minimum atomic E-state index is -1.23. The molecular weight excluding hydrogens is 270 g/mol. The van der Waals surface area contributed by atoms with Gasteiger partial charge in [0.05, 0.1) is 0 Å². The Kier molecular flexibility index (Phi) is 3.48. The molecule has 1 aromatic carbocycles. The van der Waals surface area contributed by atoms with Gasteiger partial charge in [-0.1, -0.05) is 23.5 Å². The van der Waals surface area contributed by atoms with Crippen molar-refractivity contribution in [3.05, 3.63) is 40.1 Å². The highest BCUT2D eigenvalue weighted by atomic mass is 32.1. The first-order valence-corrected chi connectivity index (χ1v) is 6.07. The van der Waals surface area contributed by atoms with Crippen LogP contribution in [0.25, 0.3) is 10.1 Å². The average molecular weight is 279 g/mol. The predicted octanol–water partition coefficient (Wildman–Crippen LogP) is 0.781. The monoisotopic (exact) mass is 279 g/mol. The van der Waals surface area contributed by atoms with Crippen molar-refractivity contribution in [3.63, 3.8) is 0 Å². The molecule has 0 radical (unpaired) electrons. The van der Waals surface area contributed by atoms with Gasteiger partial charge in [0.25, 0.3) is 5.91 Å². The fraction of sp³-hybridized carbons (Fsp3) is 0.0833. The third-order valence-corrected chi connectivity index (χ3v) is 3.38. The van der Waals surface area contributed by atoms with Crippen LogP contribution >= 0.6 is 11.3 Å². The van der Waals surface area contributed by atoms with Gasteiger partial charge >= 0.3 is 5.97 Å². The first-order valence-electron chi connectivity index (χ1n) is 5.25. The molecule has 2 aromatic rings. The Balaban J connectivity index is 2.51. The van der Waals surface area contributed by atoms with Gasteiger partial charge in [-0.2, -0.15) is 0 Å². The Morgan fingerprint density at radius 2 is 1.95 bits per heavy atom. The summed E-state index contributed by atoms with van der Waals surface area (Å²) in [5, 5.41) is 20.1. The van der Waals surface area contributed by atoms with Crippen molar-refractivity contribution >= 4 is 33.3 Å². The summed E-state index contributed by atoms with van der Waals surface area (Å²) in [4.78, 5) is 34.1. The largest absolute Gasteiger partial charge is 0.499 e. The molecule has 1 heterocycles. The second-order valence-corrected chi connectivity index (χ2v) is 4.71. The number of carbonyl (C=O) groups excluding carboxylic acids is 1. The number of hydrogen-bond donors (Lipinski definition) is 3. The topological polar surface area (TPSA) is 104 Å². The zero-order chi connectivity index (χ0) is 14.0. The average Bonchev–Trinajstić information content (AvgIpc) is 2.36. The van der Waals surface area contributed by atoms with Crippen LogP contribution in [0.2, 0.25) is 0 Å². The first kappa shape index (κ1) is 13.0. The molecule has 0 unspecified atom stereocenters. The molecule has 0 fully saturated rings. The molecule has 98 valence electrons. The molecule has 0 spiro atoms. The van der Waals surface area contributed by atoms with E-state index in [4.69, 9.17) is 5.11 Å². The lowest BCUT2D eigenvalue weighted by atomic mass is 10.2. The van der Waals surface area contributed by atoms with E-state index in [9.17, 15) is 19.5 Å². The Morgan fingerprint density at radius 1 is 1.26 bits per heavy atom. The van der Waals surface area contributed by atoms with Crippen molar-refractivity contribution in [1.29, 1.82) is 0 Å². The summed E-state index contributed by atoms with van der Waals surface area (Å²) < 4.78 is 0.555. The second kappa shape index (κ2) is 5.07. The molecule has 1 amide bonds. The maximum atomic E-state index is 12.1. The molecule has 0 aliphatic heterocycles. The maximum absolute atomic E-state index is 12.1. The molecule has 3 N–H and O–H groups in total. The van der Waals surface area contributed by atoms with Gasteiger partial charge in [0, 0.05) is 10.1 Å². The van der Waals surface area contributed by atoms with E-state index in [2.05, 4.69) is 5.32 Å².